The molecule has 0 saturated carbocycles. The minimum Gasteiger partial charge on any atom is -0.394 e. The molecule has 0 bridgehead atoms. The predicted molar refractivity (Wildman–Crippen MR) is 65.8 cm³/mol. The first kappa shape index (κ1) is 12.7. The van der Waals surface area contributed by atoms with Crippen molar-refractivity contribution < 1.29 is 9.90 Å². The van der Waals surface area contributed by atoms with Crippen molar-refractivity contribution in [1.29, 1.82) is 0 Å². The number of anilines is 1. The molecule has 0 spiro atoms. The molecule has 0 radical (unpaired) electrons. The van der Waals surface area contributed by atoms with E-state index in [2.05, 4.69) is 19.2 Å². The normalized spacial score (nSPS) is 12.6. The standard InChI is InChI=1S/C13H19NO2/c1-9(2)13(8-15)14-12-6-4-11(5-7-12)10(3)16/h4-7,9,13-15H,8H2,1-3H3/t13-/m1/s1. The Balaban J connectivity index is 2.71. The first-order chi connectivity index (χ1) is 7.54. The Labute approximate surface area is 96.5 Å². The molecule has 3 heteroatoms. The molecule has 0 aliphatic rings. The third-order valence-corrected chi connectivity index (χ3v) is 2.64. The summed E-state index contributed by atoms with van der Waals surface area (Å²) in [5.41, 5.74) is 1.63. The number of aliphatic hydroxyl groups is 1. The Bertz CT molecular complexity index is 343. The zero-order valence-corrected chi connectivity index (χ0v) is 10.0. The van der Waals surface area contributed by atoms with Crippen molar-refractivity contribution in [2.45, 2.75) is 26.8 Å². The molecule has 0 aliphatic carbocycles. The number of ketones is 1. The highest BCUT2D eigenvalue weighted by atomic mass is 16.3. The number of Topliss-reactive ketones (excluding diaryl/α,β-unsaturated/α-hetero) is 1. The third kappa shape index (κ3) is 3.35. The van der Waals surface area contributed by atoms with Gasteiger partial charge in [-0.1, -0.05) is 13.8 Å². The van der Waals surface area contributed by atoms with Gasteiger partial charge in [0.2, 0.25) is 0 Å². The van der Waals surface area contributed by atoms with Crippen LogP contribution in [0.3, 0.4) is 0 Å². The van der Waals surface area contributed by atoms with Crippen molar-refractivity contribution in [2.24, 2.45) is 5.92 Å². The van der Waals surface area contributed by atoms with Gasteiger partial charge in [0.25, 0.3) is 0 Å². The topological polar surface area (TPSA) is 49.3 Å². The minimum absolute atomic E-state index is 0.0446. The lowest BCUT2D eigenvalue weighted by Gasteiger charge is -2.21. The van der Waals surface area contributed by atoms with Crippen LogP contribution in [0.25, 0.3) is 0 Å². The van der Waals surface area contributed by atoms with Crippen molar-refractivity contribution in [3.05, 3.63) is 29.8 Å². The van der Waals surface area contributed by atoms with Crippen molar-refractivity contribution in [3.63, 3.8) is 0 Å². The van der Waals surface area contributed by atoms with Gasteiger partial charge in [-0.05, 0) is 37.1 Å². The van der Waals surface area contributed by atoms with Gasteiger partial charge in [0.1, 0.15) is 0 Å². The average Bonchev–Trinajstić information content (AvgIpc) is 2.26. The van der Waals surface area contributed by atoms with Crippen LogP contribution >= 0.6 is 0 Å². The quantitative estimate of drug-likeness (QED) is 0.750. The van der Waals surface area contributed by atoms with Crippen LogP contribution in [0.15, 0.2) is 24.3 Å². The molecule has 1 aromatic carbocycles. The van der Waals surface area contributed by atoms with Crippen LogP contribution < -0.4 is 5.32 Å². The zero-order chi connectivity index (χ0) is 12.1. The number of rotatable bonds is 5. The SMILES string of the molecule is CC(=O)c1ccc(N[C@H](CO)C(C)C)cc1. The summed E-state index contributed by atoms with van der Waals surface area (Å²) in [6.07, 6.45) is 0. The van der Waals surface area contributed by atoms with E-state index in [0.29, 0.717) is 11.5 Å². The number of hydrogen-bond donors (Lipinski definition) is 2. The minimum atomic E-state index is 0.0446. The van der Waals surface area contributed by atoms with Gasteiger partial charge in [0.05, 0.1) is 12.6 Å². The van der Waals surface area contributed by atoms with E-state index in [1.807, 2.05) is 12.1 Å². The smallest absolute Gasteiger partial charge is 0.159 e. The molecule has 88 valence electrons. The molecule has 2 N–H and O–H groups in total. The predicted octanol–water partition coefficient (Wildman–Crippen LogP) is 2.32. The summed E-state index contributed by atoms with van der Waals surface area (Å²) in [5, 5.41) is 12.4. The summed E-state index contributed by atoms with van der Waals surface area (Å²) in [4.78, 5) is 11.1. The molecular formula is C13H19NO2. The summed E-state index contributed by atoms with van der Waals surface area (Å²) in [7, 11) is 0. The lowest BCUT2D eigenvalue weighted by Crippen LogP contribution is -2.29. The highest BCUT2D eigenvalue weighted by molar-refractivity contribution is 5.94. The van der Waals surface area contributed by atoms with E-state index in [4.69, 9.17) is 0 Å². The van der Waals surface area contributed by atoms with E-state index in [1.54, 1.807) is 19.1 Å². The van der Waals surface area contributed by atoms with E-state index in [9.17, 15) is 9.90 Å². The Hall–Kier alpha value is -1.35. The van der Waals surface area contributed by atoms with Gasteiger partial charge < -0.3 is 10.4 Å². The Kier molecular flexibility index (Phi) is 4.50. The molecule has 0 aromatic heterocycles. The largest absolute Gasteiger partial charge is 0.394 e. The van der Waals surface area contributed by atoms with Crippen LogP contribution in [0, 0.1) is 5.92 Å². The monoisotopic (exact) mass is 221 g/mol. The lowest BCUT2D eigenvalue weighted by atomic mass is 10.0. The number of carbonyl (C=O) groups excluding carboxylic acids is 1. The van der Waals surface area contributed by atoms with Crippen LogP contribution in [0.1, 0.15) is 31.1 Å². The molecule has 0 unspecified atom stereocenters. The van der Waals surface area contributed by atoms with Crippen molar-refractivity contribution in [1.82, 2.24) is 0 Å². The molecule has 16 heavy (non-hydrogen) atoms. The first-order valence-corrected chi connectivity index (χ1v) is 5.53. The van der Waals surface area contributed by atoms with Crippen LogP contribution in [0.4, 0.5) is 5.69 Å². The molecule has 1 rings (SSSR count). The number of nitrogens with one attached hydrogen (secondary N) is 1. The van der Waals surface area contributed by atoms with E-state index >= 15 is 0 Å². The maximum Gasteiger partial charge on any atom is 0.159 e. The van der Waals surface area contributed by atoms with Crippen LogP contribution in [-0.4, -0.2) is 23.5 Å². The lowest BCUT2D eigenvalue weighted by molar-refractivity contribution is 0.101. The highest BCUT2D eigenvalue weighted by Gasteiger charge is 2.11. The van der Waals surface area contributed by atoms with Gasteiger partial charge in [-0.2, -0.15) is 0 Å². The number of hydrogen-bond acceptors (Lipinski definition) is 3. The fourth-order valence-corrected chi connectivity index (χ4v) is 1.44. The fourth-order valence-electron chi connectivity index (χ4n) is 1.44. The molecular weight excluding hydrogens is 202 g/mol. The van der Waals surface area contributed by atoms with Crippen molar-refractivity contribution >= 4 is 11.5 Å². The molecule has 0 heterocycles. The van der Waals surface area contributed by atoms with E-state index in [-0.39, 0.29) is 18.4 Å². The molecule has 1 aromatic rings. The van der Waals surface area contributed by atoms with Gasteiger partial charge in [0.15, 0.2) is 5.78 Å². The molecule has 0 amide bonds. The summed E-state index contributed by atoms with van der Waals surface area (Å²) in [5.74, 6) is 0.423. The number of aliphatic hydroxyl groups excluding tert-OH is 1. The van der Waals surface area contributed by atoms with Crippen LogP contribution in [-0.2, 0) is 0 Å². The highest BCUT2D eigenvalue weighted by Crippen LogP contribution is 2.14. The number of benzene rings is 1. The van der Waals surface area contributed by atoms with Crippen LogP contribution in [0.5, 0.6) is 0 Å². The second-order valence-electron chi connectivity index (χ2n) is 4.31. The van der Waals surface area contributed by atoms with Gasteiger partial charge in [0, 0.05) is 11.3 Å². The maximum absolute atomic E-state index is 11.1. The molecule has 0 aliphatic heterocycles. The molecule has 1 atom stereocenters. The van der Waals surface area contributed by atoms with Gasteiger partial charge in [-0.15, -0.1) is 0 Å². The second-order valence-corrected chi connectivity index (χ2v) is 4.31. The van der Waals surface area contributed by atoms with Crippen molar-refractivity contribution in [2.75, 3.05) is 11.9 Å². The second kappa shape index (κ2) is 5.66. The molecule has 0 saturated heterocycles. The summed E-state index contributed by atoms with van der Waals surface area (Å²) < 4.78 is 0. The van der Waals surface area contributed by atoms with Gasteiger partial charge >= 0.3 is 0 Å². The zero-order valence-electron chi connectivity index (χ0n) is 10.0. The van der Waals surface area contributed by atoms with Crippen molar-refractivity contribution in [3.8, 4) is 0 Å². The van der Waals surface area contributed by atoms with Gasteiger partial charge in [-0.25, -0.2) is 0 Å². The van der Waals surface area contributed by atoms with E-state index in [1.165, 1.54) is 0 Å². The Morgan fingerprint density at radius 2 is 1.88 bits per heavy atom. The fraction of sp³-hybridized carbons (Fsp3) is 0.462. The van der Waals surface area contributed by atoms with Crippen LogP contribution in [0.2, 0.25) is 0 Å². The van der Waals surface area contributed by atoms with Gasteiger partial charge in [-0.3, -0.25) is 4.79 Å². The average molecular weight is 221 g/mol. The summed E-state index contributed by atoms with van der Waals surface area (Å²) in [6.45, 7) is 5.76. The maximum atomic E-state index is 11.1. The Morgan fingerprint density at radius 3 is 2.25 bits per heavy atom. The van der Waals surface area contributed by atoms with E-state index < -0.39 is 0 Å². The summed E-state index contributed by atoms with van der Waals surface area (Å²) in [6, 6.07) is 7.35. The third-order valence-electron chi connectivity index (χ3n) is 2.64. The van der Waals surface area contributed by atoms with E-state index in [0.717, 1.165) is 5.69 Å². The number of carbonyl (C=O) groups is 1. The first-order valence-electron chi connectivity index (χ1n) is 5.53. The summed E-state index contributed by atoms with van der Waals surface area (Å²) >= 11 is 0. The molecule has 3 nitrogen and oxygen atoms in total. The Morgan fingerprint density at radius 1 is 1.31 bits per heavy atom. The molecule has 0 fully saturated rings.